The molecule has 2 N–H and O–H groups in total. The van der Waals surface area contributed by atoms with Crippen molar-refractivity contribution in [3.63, 3.8) is 0 Å². The van der Waals surface area contributed by atoms with Crippen molar-refractivity contribution >= 4 is 50.5 Å². The normalized spacial score (nSPS) is 11.4. The van der Waals surface area contributed by atoms with Crippen LogP contribution in [0.3, 0.4) is 0 Å². The minimum Gasteiger partial charge on any atom is -0.369 e. The van der Waals surface area contributed by atoms with Gasteiger partial charge in [0, 0.05) is 22.8 Å². The van der Waals surface area contributed by atoms with Crippen LogP contribution in [0.4, 0.5) is 5.82 Å². The lowest BCUT2D eigenvalue weighted by atomic mass is 10.2. The summed E-state index contributed by atoms with van der Waals surface area (Å²) in [4.78, 5) is 21.8. The van der Waals surface area contributed by atoms with Crippen molar-refractivity contribution < 1.29 is 4.79 Å². The molecule has 2 heterocycles. The number of hydrogen-bond acceptors (Lipinski definition) is 6. The summed E-state index contributed by atoms with van der Waals surface area (Å²) < 4.78 is 2.60. The Kier molecular flexibility index (Phi) is 7.71. The molecule has 0 aliphatic carbocycles. The number of nitrogens with zero attached hydrogens (tertiary/aromatic N) is 4. The van der Waals surface area contributed by atoms with Gasteiger partial charge in [-0.05, 0) is 34.0 Å². The highest BCUT2D eigenvalue weighted by Crippen LogP contribution is 2.26. The Morgan fingerprint density at radius 1 is 1.20 bits per heavy atom. The van der Waals surface area contributed by atoms with E-state index in [4.69, 9.17) is 9.97 Å². The fourth-order valence-corrected chi connectivity index (χ4v) is 3.98. The molecule has 30 heavy (non-hydrogen) atoms. The van der Waals surface area contributed by atoms with Crippen LogP contribution in [0.25, 0.3) is 11.0 Å². The molecular weight excluding hydrogens is 464 g/mol. The van der Waals surface area contributed by atoms with Crippen molar-refractivity contribution in [2.75, 3.05) is 18.4 Å². The van der Waals surface area contributed by atoms with Crippen molar-refractivity contribution in [2.24, 2.45) is 5.92 Å². The third kappa shape index (κ3) is 5.72. The van der Waals surface area contributed by atoms with Gasteiger partial charge in [-0.25, -0.2) is 14.6 Å². The average molecular weight is 491 g/mol. The van der Waals surface area contributed by atoms with Gasteiger partial charge < -0.3 is 10.6 Å². The Balaban J connectivity index is 1.77. The monoisotopic (exact) mass is 490 g/mol. The fourth-order valence-electron chi connectivity index (χ4n) is 2.81. The zero-order valence-electron chi connectivity index (χ0n) is 17.6. The van der Waals surface area contributed by atoms with E-state index >= 15 is 0 Å². The van der Waals surface area contributed by atoms with Crippen LogP contribution in [-0.4, -0.2) is 44.0 Å². The Morgan fingerprint density at radius 3 is 2.67 bits per heavy atom. The minimum absolute atomic E-state index is 0.121. The van der Waals surface area contributed by atoms with Crippen LogP contribution in [0.2, 0.25) is 0 Å². The number of amides is 1. The number of carbonyl (C=O) groups is 1. The Labute approximate surface area is 189 Å². The molecule has 0 aliphatic heterocycles. The van der Waals surface area contributed by atoms with Crippen molar-refractivity contribution in [2.45, 2.75) is 44.6 Å². The van der Waals surface area contributed by atoms with Crippen molar-refractivity contribution in [1.29, 1.82) is 0 Å². The van der Waals surface area contributed by atoms with Gasteiger partial charge in [0.1, 0.15) is 5.82 Å². The Bertz CT molecular complexity index is 1020. The number of nitrogens with one attached hydrogen (secondary N) is 2. The number of fused-ring (bicyclic) bond motifs is 1. The van der Waals surface area contributed by atoms with E-state index in [2.05, 4.69) is 59.4 Å². The molecule has 0 radical (unpaired) electrons. The summed E-state index contributed by atoms with van der Waals surface area (Å²) >= 11 is 5.04. The SMILES string of the molecule is CC(C)CNc1nc(SC(C)C)nc2c1cnn2CCNC(=O)c1ccccc1Br. The van der Waals surface area contributed by atoms with Crippen LogP contribution in [0.15, 0.2) is 40.1 Å². The summed E-state index contributed by atoms with van der Waals surface area (Å²) in [5, 5.41) is 12.9. The molecule has 3 rings (SSSR count). The van der Waals surface area contributed by atoms with Crippen molar-refractivity contribution in [3.8, 4) is 0 Å². The average Bonchev–Trinajstić information content (AvgIpc) is 3.09. The second kappa shape index (κ2) is 10.3. The third-order valence-electron chi connectivity index (χ3n) is 4.22. The second-order valence-electron chi connectivity index (χ2n) is 7.64. The number of anilines is 1. The molecule has 0 aliphatic rings. The van der Waals surface area contributed by atoms with Crippen LogP contribution in [0, 0.1) is 5.92 Å². The molecular formula is C21H27BrN6OS. The number of hydrogen-bond donors (Lipinski definition) is 2. The summed E-state index contributed by atoms with van der Waals surface area (Å²) in [5.41, 5.74) is 1.38. The van der Waals surface area contributed by atoms with Crippen molar-refractivity contribution in [1.82, 2.24) is 25.1 Å². The zero-order chi connectivity index (χ0) is 21.7. The zero-order valence-corrected chi connectivity index (χ0v) is 20.0. The van der Waals surface area contributed by atoms with Gasteiger partial charge in [-0.3, -0.25) is 4.79 Å². The van der Waals surface area contributed by atoms with Crippen LogP contribution >= 0.6 is 27.7 Å². The highest BCUT2D eigenvalue weighted by atomic mass is 79.9. The summed E-state index contributed by atoms with van der Waals surface area (Å²) in [7, 11) is 0. The van der Waals surface area contributed by atoms with E-state index in [9.17, 15) is 4.79 Å². The molecule has 0 saturated heterocycles. The van der Waals surface area contributed by atoms with Gasteiger partial charge in [0.15, 0.2) is 10.8 Å². The van der Waals surface area contributed by atoms with E-state index < -0.39 is 0 Å². The first kappa shape index (κ1) is 22.6. The van der Waals surface area contributed by atoms with E-state index in [1.807, 2.05) is 22.9 Å². The van der Waals surface area contributed by atoms with Crippen LogP contribution in [0.5, 0.6) is 0 Å². The molecule has 160 valence electrons. The highest BCUT2D eigenvalue weighted by Gasteiger charge is 2.15. The van der Waals surface area contributed by atoms with E-state index in [0.717, 1.165) is 33.0 Å². The maximum absolute atomic E-state index is 12.4. The van der Waals surface area contributed by atoms with E-state index in [1.54, 1.807) is 24.0 Å². The summed E-state index contributed by atoms with van der Waals surface area (Å²) in [5.74, 6) is 1.18. The van der Waals surface area contributed by atoms with E-state index in [0.29, 0.717) is 29.8 Å². The standard InChI is InChI=1S/C21H27BrN6OS/c1-13(2)11-24-18-16-12-25-28(19(16)27-21(26-18)30-14(3)4)10-9-23-20(29)15-7-5-6-8-17(15)22/h5-8,12-14H,9-11H2,1-4H3,(H,23,29)(H,24,26,27). The number of rotatable bonds is 9. The first-order valence-electron chi connectivity index (χ1n) is 10.0. The van der Waals surface area contributed by atoms with Gasteiger partial charge in [-0.1, -0.05) is 51.6 Å². The molecule has 0 fully saturated rings. The topological polar surface area (TPSA) is 84.7 Å². The first-order chi connectivity index (χ1) is 14.3. The second-order valence-corrected chi connectivity index (χ2v) is 10.0. The molecule has 1 amide bonds. The number of aromatic nitrogens is 4. The number of thioether (sulfide) groups is 1. The van der Waals surface area contributed by atoms with Gasteiger partial charge in [-0.15, -0.1) is 0 Å². The molecule has 7 nitrogen and oxygen atoms in total. The number of carbonyl (C=O) groups excluding carboxylic acids is 1. The smallest absolute Gasteiger partial charge is 0.252 e. The van der Waals surface area contributed by atoms with Gasteiger partial charge in [-0.2, -0.15) is 5.10 Å². The first-order valence-corrected chi connectivity index (χ1v) is 11.7. The third-order valence-corrected chi connectivity index (χ3v) is 5.78. The van der Waals surface area contributed by atoms with Crippen LogP contribution < -0.4 is 10.6 Å². The molecule has 0 atom stereocenters. The van der Waals surface area contributed by atoms with Crippen molar-refractivity contribution in [3.05, 3.63) is 40.5 Å². The molecule has 0 bridgehead atoms. The number of benzene rings is 1. The van der Waals surface area contributed by atoms with E-state index in [1.165, 1.54) is 0 Å². The lowest BCUT2D eigenvalue weighted by Gasteiger charge is -2.12. The molecule has 1 aromatic carbocycles. The predicted octanol–water partition coefficient (Wildman–Crippen LogP) is 4.59. The van der Waals surface area contributed by atoms with Gasteiger partial charge >= 0.3 is 0 Å². The van der Waals surface area contributed by atoms with Gasteiger partial charge in [0.05, 0.1) is 23.7 Å². The summed E-state index contributed by atoms with van der Waals surface area (Å²) in [6, 6.07) is 7.37. The molecule has 0 unspecified atom stereocenters. The molecule has 2 aromatic heterocycles. The quantitative estimate of drug-likeness (QED) is 0.337. The fraction of sp³-hybridized carbons (Fsp3) is 0.429. The lowest BCUT2D eigenvalue weighted by molar-refractivity contribution is 0.0951. The van der Waals surface area contributed by atoms with Crippen LogP contribution in [-0.2, 0) is 6.54 Å². The highest BCUT2D eigenvalue weighted by molar-refractivity contribution is 9.10. The molecule has 9 heteroatoms. The largest absolute Gasteiger partial charge is 0.369 e. The van der Waals surface area contributed by atoms with Gasteiger partial charge in [0.2, 0.25) is 0 Å². The van der Waals surface area contributed by atoms with Crippen LogP contribution in [0.1, 0.15) is 38.1 Å². The molecule has 3 aromatic rings. The number of halogens is 1. The Hall–Kier alpha value is -2.13. The molecule has 0 spiro atoms. The summed E-state index contributed by atoms with van der Waals surface area (Å²) in [6.07, 6.45) is 1.79. The predicted molar refractivity (Wildman–Crippen MR) is 126 cm³/mol. The molecule has 0 saturated carbocycles. The Morgan fingerprint density at radius 2 is 1.97 bits per heavy atom. The minimum atomic E-state index is -0.121. The lowest BCUT2D eigenvalue weighted by Crippen LogP contribution is -2.27. The maximum Gasteiger partial charge on any atom is 0.252 e. The maximum atomic E-state index is 12.4. The van der Waals surface area contributed by atoms with Gasteiger partial charge in [0.25, 0.3) is 5.91 Å². The van der Waals surface area contributed by atoms with E-state index in [-0.39, 0.29) is 5.91 Å². The summed E-state index contributed by atoms with van der Waals surface area (Å²) in [6.45, 7) is 10.3.